The van der Waals surface area contributed by atoms with Crippen LogP contribution in [0.25, 0.3) is 90.9 Å². The second-order valence-corrected chi connectivity index (χ2v) is 23.4. The van der Waals surface area contributed by atoms with Crippen LogP contribution in [0.3, 0.4) is 0 Å². The summed E-state index contributed by atoms with van der Waals surface area (Å²) in [5.74, 6) is -0.660. The predicted octanol–water partition coefficient (Wildman–Crippen LogP) is 14.8. The molecule has 2 aliphatic rings. The maximum absolute atomic E-state index is 13.8. The molecule has 0 radical (unpaired) electrons. The van der Waals surface area contributed by atoms with Crippen LogP contribution in [0.1, 0.15) is 106 Å². The van der Waals surface area contributed by atoms with Crippen LogP contribution in [0.2, 0.25) is 0 Å². The molecule has 4 amide bonds. The normalized spacial score (nSPS) is 12.2. The van der Waals surface area contributed by atoms with E-state index in [-0.39, 0.29) is 40.7 Å². The zero-order valence-corrected chi connectivity index (χ0v) is 47.6. The molecule has 14 nitrogen and oxygen atoms in total. The molecule has 79 heavy (non-hydrogen) atoms. The maximum Gasteiger partial charge on any atom is 2.00 e. The topological polar surface area (TPSA) is 211 Å². The van der Waals surface area contributed by atoms with Crippen molar-refractivity contribution < 1.29 is 36.2 Å². The van der Waals surface area contributed by atoms with E-state index in [9.17, 15) is 19.2 Å². The molecule has 0 fully saturated rings. The summed E-state index contributed by atoms with van der Waals surface area (Å²) in [6, 6.07) is 38.3. The van der Waals surface area contributed by atoms with E-state index in [4.69, 9.17) is 24.8 Å². The van der Waals surface area contributed by atoms with Gasteiger partial charge in [0, 0.05) is 66.7 Å². The van der Waals surface area contributed by atoms with Crippen LogP contribution in [0.5, 0.6) is 0 Å². The van der Waals surface area contributed by atoms with Crippen molar-refractivity contribution in [3.63, 3.8) is 0 Å². The summed E-state index contributed by atoms with van der Waals surface area (Å²) in [6.45, 7) is 22.4. The molecule has 0 atom stereocenters. The van der Waals surface area contributed by atoms with E-state index in [1.807, 2.05) is 229 Å². The van der Waals surface area contributed by atoms with Crippen molar-refractivity contribution in [2.45, 2.75) is 83.1 Å². The molecule has 2 aliphatic heterocycles. The predicted molar refractivity (Wildman–Crippen MR) is 317 cm³/mol. The van der Waals surface area contributed by atoms with Crippen molar-refractivity contribution in [2.75, 3.05) is 21.3 Å². The third-order valence-electron chi connectivity index (χ3n) is 13.1. The van der Waals surface area contributed by atoms with Gasteiger partial charge < -0.3 is 31.2 Å². The van der Waals surface area contributed by atoms with Gasteiger partial charge in [0.2, 0.25) is 23.6 Å². The Morgan fingerprint density at radius 3 is 0.722 bits per heavy atom. The molecule has 0 saturated carbocycles. The Morgan fingerprint density at radius 1 is 0.342 bits per heavy atom. The molecule has 0 unspecified atom stereocenters. The van der Waals surface area contributed by atoms with Gasteiger partial charge in [-0.1, -0.05) is 186 Å². The SMILES string of the molecule is CC(C)(C)C(=O)Nc1ccccc1-c1c2nc(c(-c3ccccc3NC(=O)C(C)(C)C)c3ccc([n-]3)c(-c3ccccc3NC(=O)C(C)(C)C)c3nc(c(-c4ccccc4NC(=O)C(C)(C)C)c4ccc1[n-]4)C=C3)C=C2.N=O.[Fe+2]. The van der Waals surface area contributed by atoms with Gasteiger partial charge >= 0.3 is 17.1 Å². The first-order chi connectivity index (χ1) is 36.9. The number of carbonyl (C=O) groups is 4. The van der Waals surface area contributed by atoms with Gasteiger partial charge in [0.05, 0.1) is 22.8 Å². The Hall–Kier alpha value is -8.52. The van der Waals surface area contributed by atoms with E-state index in [0.29, 0.717) is 112 Å². The van der Waals surface area contributed by atoms with Gasteiger partial charge in [0.25, 0.3) is 0 Å². The van der Waals surface area contributed by atoms with Crippen molar-refractivity contribution in [2.24, 2.45) is 21.7 Å². The number of hydrogen-bond acceptors (Lipinski definition) is 8. The van der Waals surface area contributed by atoms with Crippen molar-refractivity contribution in [3.8, 4) is 44.5 Å². The summed E-state index contributed by atoms with van der Waals surface area (Å²) in [5, 5.41) is 12.8. The monoisotopic (exact) mass is 1100 g/mol. The van der Waals surface area contributed by atoms with Gasteiger partial charge in [0.1, 0.15) is 0 Å². The molecule has 0 aliphatic carbocycles. The summed E-state index contributed by atoms with van der Waals surface area (Å²) >= 11 is 0. The third kappa shape index (κ3) is 12.4. The number of benzene rings is 4. The van der Waals surface area contributed by atoms with Gasteiger partial charge in [-0.2, -0.15) is 4.91 Å². The van der Waals surface area contributed by atoms with E-state index < -0.39 is 21.7 Å². The summed E-state index contributed by atoms with van der Waals surface area (Å²) in [4.78, 5) is 84.5. The van der Waals surface area contributed by atoms with Crippen LogP contribution >= 0.6 is 0 Å². The van der Waals surface area contributed by atoms with Crippen LogP contribution in [0.4, 0.5) is 22.7 Å². The van der Waals surface area contributed by atoms with Crippen molar-refractivity contribution in [1.29, 1.82) is 5.59 Å². The molecular weight excluding hydrogens is 1030 g/mol. The number of para-hydroxylation sites is 4. The van der Waals surface area contributed by atoms with Gasteiger partial charge in [-0.15, -0.1) is 22.1 Å². The number of nitroso groups, excluding NO2 is 1. The van der Waals surface area contributed by atoms with Crippen molar-refractivity contribution in [3.05, 3.63) is 149 Å². The Bertz CT molecular complexity index is 3290. The standard InChI is InChI=1S/C64H66N8O4.Fe.HNO/c1-61(2,3)57(73)69-41-25-17-13-21-37(41)53-45-29-31-47(65-45)54(38-22-14-18-26-42(38)70-58(74)62(4,5)6)49-33-35-51(67-49)56(40-24-16-20-28-44(40)72-60(76)64(10,11)12)52-36-34-50(68-52)55(48-32-30-46(53)66-48)39-23-15-19-27-43(39)71-59(75)63(7,8)9;;1-2/h13-36H,1-12H3,(H6,65,66,67,68,69,70,71,72,73,74,75,76);;1H/q;+2;/p-2. The molecular formula is C64H65FeN9O5. The Kier molecular flexibility index (Phi) is 16.8. The number of carbonyl (C=O) groups excluding carboxylic acids is 4. The second kappa shape index (κ2) is 22.8. The largest absolute Gasteiger partial charge is 2.00 e. The molecule has 8 bridgehead atoms. The van der Waals surface area contributed by atoms with Crippen LogP contribution in [-0.2, 0) is 36.2 Å². The zero-order chi connectivity index (χ0) is 56.5. The van der Waals surface area contributed by atoms with Crippen molar-refractivity contribution >= 4 is 92.7 Å². The second-order valence-electron chi connectivity index (χ2n) is 23.4. The number of aromatic nitrogens is 4. The molecule has 9 rings (SSSR count). The van der Waals surface area contributed by atoms with Gasteiger partial charge in [-0.25, -0.2) is 9.97 Å². The van der Waals surface area contributed by atoms with E-state index >= 15 is 0 Å². The summed E-state index contributed by atoms with van der Waals surface area (Å²) in [5.41, 5.74) is 13.8. The van der Waals surface area contributed by atoms with Gasteiger partial charge in [0.15, 0.2) is 0 Å². The van der Waals surface area contributed by atoms with Crippen molar-refractivity contribution in [1.82, 2.24) is 19.9 Å². The molecule has 0 saturated heterocycles. The molecule has 5 N–H and O–H groups in total. The average Bonchev–Trinajstić information content (AvgIpc) is 4.33. The average molecular weight is 1100 g/mol. The summed E-state index contributed by atoms with van der Waals surface area (Å²) < 4.78 is 0. The first-order valence-electron chi connectivity index (χ1n) is 25.8. The van der Waals surface area contributed by atoms with E-state index in [0.717, 1.165) is 0 Å². The molecule has 15 heteroatoms. The molecule has 3 aromatic heterocycles. The minimum atomic E-state index is -0.703. The number of nitrogens with zero attached hydrogens (tertiary/aromatic N) is 4. The Morgan fingerprint density at radius 2 is 0.532 bits per heavy atom. The fourth-order valence-corrected chi connectivity index (χ4v) is 8.67. The fraction of sp³-hybridized carbons (Fsp3) is 0.250. The molecule has 5 heterocycles. The quantitative estimate of drug-likeness (QED) is 0.0722. The fourth-order valence-electron chi connectivity index (χ4n) is 8.67. The number of anilines is 4. The van der Waals surface area contributed by atoms with Crippen LogP contribution in [0.15, 0.2) is 121 Å². The molecule has 0 spiro atoms. The van der Waals surface area contributed by atoms with Crippen LogP contribution in [-0.4, -0.2) is 33.6 Å². The van der Waals surface area contributed by atoms with Gasteiger partial charge in [-0.3, -0.25) is 19.2 Å². The number of fused-ring (bicyclic) bond motifs is 8. The minimum Gasteiger partial charge on any atom is -0.657 e. The number of nitrogens with one attached hydrogen (secondary N) is 5. The van der Waals surface area contributed by atoms with E-state index in [1.54, 1.807) is 0 Å². The molecule has 4 aromatic carbocycles. The number of rotatable bonds is 8. The maximum atomic E-state index is 13.8. The first-order valence-corrected chi connectivity index (χ1v) is 25.8. The number of hydrogen-bond donors (Lipinski definition) is 5. The summed E-state index contributed by atoms with van der Waals surface area (Å²) in [6.07, 6.45) is 7.77. The Labute approximate surface area is 471 Å². The van der Waals surface area contributed by atoms with Crippen LogP contribution in [0, 0.1) is 32.2 Å². The smallest absolute Gasteiger partial charge is 0.657 e. The first kappa shape index (κ1) is 58.2. The Balaban J connectivity index is 0.00000298. The minimum absolute atomic E-state index is 0. The van der Waals surface area contributed by atoms with E-state index in [2.05, 4.69) is 26.9 Å². The third-order valence-corrected chi connectivity index (χ3v) is 13.1. The summed E-state index contributed by atoms with van der Waals surface area (Å²) in [7, 11) is 0. The van der Waals surface area contributed by atoms with Gasteiger partial charge in [-0.05, 0) is 70.8 Å². The molecule has 404 valence electrons. The van der Waals surface area contributed by atoms with Crippen LogP contribution < -0.4 is 31.2 Å². The number of amides is 4. The van der Waals surface area contributed by atoms with E-state index in [1.165, 1.54) is 0 Å². The molecule has 7 aromatic rings. The zero-order valence-electron chi connectivity index (χ0n) is 46.5.